The van der Waals surface area contributed by atoms with Crippen LogP contribution in [-0.2, 0) is 17.8 Å². The fourth-order valence-corrected chi connectivity index (χ4v) is 11.0. The maximum absolute atomic E-state index is 14.9. The SMILES string of the molecule is CCN(c1cc(F)cc(C(=O)NCc2c(C)cc(C)[nH]c2=O)c1C)C1C[C@@H](C)C[C@H](C)C1.CCN(c1cc(F)cc(C(=O)NCc2c(C)cc(C)[nH]c2=O)c1C)C1C[C@@H](C)N(C(=O)OC(C)(C)C)[C@H](C)C1.Cl.Cl. The molecule has 4 atom stereocenters. The van der Waals surface area contributed by atoms with E-state index in [1.807, 2.05) is 88.3 Å². The van der Waals surface area contributed by atoms with Gasteiger partial charge < -0.3 is 40.0 Å². The highest BCUT2D eigenvalue weighted by Gasteiger charge is 2.39. The van der Waals surface area contributed by atoms with E-state index >= 15 is 0 Å². The zero-order valence-electron chi connectivity index (χ0n) is 45.7. The predicted octanol–water partition coefficient (Wildman–Crippen LogP) is 11.2. The van der Waals surface area contributed by atoms with Crippen LogP contribution < -0.4 is 31.6 Å². The molecule has 0 spiro atoms. The normalized spacial score (nSPS) is 19.5. The lowest BCUT2D eigenvalue weighted by Crippen LogP contribution is -2.56. The second kappa shape index (κ2) is 26.2. The minimum atomic E-state index is -0.579. The monoisotopic (exact) mass is 1060 g/mol. The Labute approximate surface area is 443 Å². The molecular weight excluding hydrogens is 976 g/mol. The van der Waals surface area contributed by atoms with E-state index in [0.717, 1.165) is 53.2 Å². The van der Waals surface area contributed by atoms with Crippen LogP contribution in [0.1, 0.15) is 160 Å². The van der Waals surface area contributed by atoms with Gasteiger partial charge in [-0.05, 0) is 193 Å². The first-order valence-corrected chi connectivity index (χ1v) is 25.3. The number of anilines is 2. The average Bonchev–Trinajstić information content (AvgIpc) is 3.24. The van der Waals surface area contributed by atoms with Gasteiger partial charge >= 0.3 is 6.09 Å². The van der Waals surface area contributed by atoms with Crippen molar-refractivity contribution in [1.82, 2.24) is 25.5 Å². The van der Waals surface area contributed by atoms with E-state index in [1.54, 1.807) is 17.9 Å². The summed E-state index contributed by atoms with van der Waals surface area (Å²) in [6.07, 6.45) is 4.42. The van der Waals surface area contributed by atoms with Crippen LogP contribution in [0.5, 0.6) is 0 Å². The van der Waals surface area contributed by atoms with Gasteiger partial charge in [-0.2, -0.15) is 0 Å². The van der Waals surface area contributed by atoms with Crippen LogP contribution in [0.15, 0.2) is 46.0 Å². The topological polar surface area (TPSA) is 160 Å². The van der Waals surface area contributed by atoms with Crippen molar-refractivity contribution >= 4 is 54.1 Å². The molecule has 3 heterocycles. The van der Waals surface area contributed by atoms with Crippen molar-refractivity contribution in [3.05, 3.63) is 125 Å². The first-order valence-electron chi connectivity index (χ1n) is 25.3. The number of aryl methyl sites for hydroxylation is 4. The fraction of sp³-hybridized carbons (Fsp3) is 0.554. The molecule has 6 rings (SSSR count). The third-order valence-corrected chi connectivity index (χ3v) is 14.1. The van der Waals surface area contributed by atoms with E-state index in [4.69, 9.17) is 4.74 Å². The largest absolute Gasteiger partial charge is 0.444 e. The molecule has 0 radical (unpaired) electrons. The van der Waals surface area contributed by atoms with Crippen molar-refractivity contribution in [3.63, 3.8) is 0 Å². The third kappa shape index (κ3) is 15.6. The summed E-state index contributed by atoms with van der Waals surface area (Å²) in [5, 5.41) is 5.61. The van der Waals surface area contributed by atoms with Crippen molar-refractivity contribution < 1.29 is 27.9 Å². The molecular formula is C56H81Cl2F2N7O6. The van der Waals surface area contributed by atoms with Gasteiger partial charge in [0, 0.05) is 95.4 Å². The Morgan fingerprint density at radius 3 is 1.34 bits per heavy atom. The van der Waals surface area contributed by atoms with Crippen molar-refractivity contribution in [2.75, 3.05) is 22.9 Å². The fourth-order valence-electron chi connectivity index (χ4n) is 11.0. The molecule has 0 unspecified atom stereocenters. The molecule has 1 aliphatic heterocycles. The van der Waals surface area contributed by atoms with Crippen molar-refractivity contribution in [2.24, 2.45) is 11.8 Å². The number of piperidine rings is 1. The standard InChI is InChI=1S/C30H43FN4O4.C26H36FN3O2.2ClH/c1-10-34(23-12-19(4)35(20(5)13-23)29(38)39-30(7,8)9)26-15-22(31)14-24(21(26)6)27(36)32-16-25-17(2)11-18(3)33-28(25)37;1-7-30(21-9-15(2)8-16(3)10-21)24-13-20(27)12-22(19(24)6)25(31)28-14-23-17(4)11-18(5)29-26(23)32;;/h11,14-15,19-20,23H,10,12-13,16H2,1-9H3,(H,32,36)(H,33,37);11-13,15-16,21H,7-10,14H2,1-6H3,(H,28,31)(H,29,32);2*1H/t19-,20-;15-,16-;;/m10../s1. The zero-order chi connectivity index (χ0) is 52.8. The number of hydrogen-bond acceptors (Lipinski definition) is 8. The summed E-state index contributed by atoms with van der Waals surface area (Å²) in [6, 6.07) is 9.51. The number of pyridine rings is 2. The lowest BCUT2D eigenvalue weighted by atomic mass is 9.79. The Hall–Kier alpha value is -5.41. The first-order chi connectivity index (χ1) is 33.2. The van der Waals surface area contributed by atoms with Gasteiger partial charge in [-0.15, -0.1) is 24.8 Å². The molecule has 0 bridgehead atoms. The van der Waals surface area contributed by atoms with Gasteiger partial charge in [0.2, 0.25) is 0 Å². The van der Waals surface area contributed by atoms with Gasteiger partial charge in [-0.25, -0.2) is 13.6 Å². The van der Waals surface area contributed by atoms with Crippen LogP contribution >= 0.6 is 24.8 Å². The Morgan fingerprint density at radius 2 is 1.00 bits per heavy atom. The number of halogens is 4. The van der Waals surface area contributed by atoms with Gasteiger partial charge in [-0.3, -0.25) is 19.2 Å². The van der Waals surface area contributed by atoms with Crippen molar-refractivity contribution in [1.29, 1.82) is 0 Å². The van der Waals surface area contributed by atoms with Crippen molar-refractivity contribution in [2.45, 2.75) is 179 Å². The van der Waals surface area contributed by atoms with Crippen LogP contribution in [0.2, 0.25) is 0 Å². The van der Waals surface area contributed by atoms with Crippen LogP contribution in [0.25, 0.3) is 0 Å². The number of carbonyl (C=O) groups excluding carboxylic acids is 3. The number of nitrogens with one attached hydrogen (secondary N) is 4. The minimum absolute atomic E-state index is 0. The van der Waals surface area contributed by atoms with Crippen LogP contribution in [0, 0.1) is 65.0 Å². The molecule has 1 saturated heterocycles. The molecule has 4 N–H and O–H groups in total. The molecule has 2 aromatic carbocycles. The lowest BCUT2D eigenvalue weighted by Gasteiger charge is -2.47. The van der Waals surface area contributed by atoms with Gasteiger partial charge in [0.25, 0.3) is 22.9 Å². The van der Waals surface area contributed by atoms with Crippen molar-refractivity contribution in [3.8, 4) is 0 Å². The molecule has 2 aliphatic rings. The Kier molecular flexibility index (Phi) is 22.2. The molecule has 3 amide bonds. The smallest absolute Gasteiger partial charge is 0.410 e. The van der Waals surface area contributed by atoms with E-state index in [-0.39, 0.29) is 84.7 Å². The number of H-pyrrole nitrogens is 2. The van der Waals surface area contributed by atoms with Gasteiger partial charge in [0.15, 0.2) is 0 Å². The number of benzene rings is 2. The summed E-state index contributed by atoms with van der Waals surface area (Å²) in [4.78, 5) is 75.4. The molecule has 13 nitrogen and oxygen atoms in total. The molecule has 1 saturated carbocycles. The maximum atomic E-state index is 14.9. The van der Waals surface area contributed by atoms with E-state index in [0.29, 0.717) is 65.2 Å². The van der Waals surface area contributed by atoms with E-state index in [2.05, 4.69) is 51.2 Å². The number of hydrogen-bond donors (Lipinski definition) is 4. The minimum Gasteiger partial charge on any atom is -0.444 e. The van der Waals surface area contributed by atoms with Gasteiger partial charge in [0.1, 0.15) is 17.2 Å². The highest BCUT2D eigenvalue weighted by Crippen LogP contribution is 2.37. The summed E-state index contributed by atoms with van der Waals surface area (Å²) in [6.45, 7) is 30.7. The Balaban J connectivity index is 0.000000382. The van der Waals surface area contributed by atoms with E-state index < -0.39 is 23.1 Å². The summed E-state index contributed by atoms with van der Waals surface area (Å²) in [5.41, 5.74) is 6.50. The highest BCUT2D eigenvalue weighted by atomic mass is 35.5. The summed E-state index contributed by atoms with van der Waals surface area (Å²) in [5.74, 6) is -0.476. The quantitative estimate of drug-likeness (QED) is 0.109. The zero-order valence-corrected chi connectivity index (χ0v) is 47.3. The number of ether oxygens (including phenoxy) is 1. The number of likely N-dealkylation sites (tertiary alicyclic amines) is 1. The van der Waals surface area contributed by atoms with Crippen LogP contribution in [0.3, 0.4) is 0 Å². The number of carbonyl (C=O) groups is 3. The Morgan fingerprint density at radius 1 is 0.630 bits per heavy atom. The number of aromatic nitrogens is 2. The number of amides is 3. The first kappa shape index (κ1) is 61.9. The van der Waals surface area contributed by atoms with E-state index in [9.17, 15) is 32.8 Å². The summed E-state index contributed by atoms with van der Waals surface area (Å²) < 4.78 is 35.2. The van der Waals surface area contributed by atoms with E-state index in [1.165, 1.54) is 24.6 Å². The number of nitrogens with zero attached hydrogens (tertiary/aromatic N) is 3. The summed E-state index contributed by atoms with van der Waals surface area (Å²) in [7, 11) is 0. The van der Waals surface area contributed by atoms with Crippen LogP contribution in [-0.4, -0.2) is 75.6 Å². The molecule has 73 heavy (non-hydrogen) atoms. The predicted molar refractivity (Wildman–Crippen MR) is 294 cm³/mol. The molecule has 1 aliphatic carbocycles. The third-order valence-electron chi connectivity index (χ3n) is 14.1. The molecule has 4 aromatic rings. The van der Waals surface area contributed by atoms with Gasteiger partial charge in [-0.1, -0.05) is 13.8 Å². The second-order valence-corrected chi connectivity index (χ2v) is 21.3. The lowest BCUT2D eigenvalue weighted by molar-refractivity contribution is -0.00253. The summed E-state index contributed by atoms with van der Waals surface area (Å²) >= 11 is 0. The number of aromatic amines is 2. The number of rotatable bonds is 12. The van der Waals surface area contributed by atoms with Crippen LogP contribution in [0.4, 0.5) is 25.0 Å². The second-order valence-electron chi connectivity index (χ2n) is 21.3. The molecule has 404 valence electrons. The molecule has 17 heteroatoms. The highest BCUT2D eigenvalue weighted by molar-refractivity contribution is 5.98. The molecule has 2 fully saturated rings. The Bertz CT molecular complexity index is 2680. The average molecular weight is 1060 g/mol. The van der Waals surface area contributed by atoms with Gasteiger partial charge in [0.05, 0.1) is 0 Å². The molecule has 2 aromatic heterocycles. The maximum Gasteiger partial charge on any atom is 0.410 e.